The second-order valence-corrected chi connectivity index (χ2v) is 5.14. The Hall–Kier alpha value is -1.19. The van der Waals surface area contributed by atoms with E-state index < -0.39 is 0 Å². The van der Waals surface area contributed by atoms with Crippen LogP contribution in [-0.2, 0) is 5.75 Å². The Kier molecular flexibility index (Phi) is 3.92. The van der Waals surface area contributed by atoms with Gasteiger partial charge in [0.05, 0.1) is 0 Å². The Morgan fingerprint density at radius 1 is 1.35 bits per heavy atom. The van der Waals surface area contributed by atoms with Gasteiger partial charge < -0.3 is 5.73 Å². The van der Waals surface area contributed by atoms with Crippen molar-refractivity contribution in [3.63, 3.8) is 0 Å². The molecule has 0 saturated heterocycles. The zero-order chi connectivity index (χ0) is 12.3. The molecule has 0 fully saturated rings. The van der Waals surface area contributed by atoms with E-state index in [1.807, 2.05) is 30.3 Å². The summed E-state index contributed by atoms with van der Waals surface area (Å²) in [4.78, 5) is 5.28. The lowest BCUT2D eigenvalue weighted by Crippen LogP contribution is -1.89. The van der Waals surface area contributed by atoms with Gasteiger partial charge in [0.2, 0.25) is 0 Å². The molecule has 0 aliphatic heterocycles. The maximum absolute atomic E-state index is 6.01. The molecule has 1 aromatic heterocycles. The summed E-state index contributed by atoms with van der Waals surface area (Å²) >= 11 is 7.75. The van der Waals surface area contributed by atoms with Gasteiger partial charge in [-0.15, -0.1) is 11.8 Å². The van der Waals surface area contributed by atoms with Crippen LogP contribution < -0.4 is 5.73 Å². The molecule has 0 spiro atoms. The average Bonchev–Trinajstić information content (AvgIpc) is 2.30. The van der Waals surface area contributed by atoms with Gasteiger partial charge in [0.15, 0.2) is 0 Å². The lowest BCUT2D eigenvalue weighted by molar-refractivity contribution is 1.24. The summed E-state index contributed by atoms with van der Waals surface area (Å²) in [6, 6.07) is 9.83. The lowest BCUT2D eigenvalue weighted by Gasteiger charge is -2.07. The molecular weight excluding hydrogens is 252 g/mol. The summed E-state index contributed by atoms with van der Waals surface area (Å²) in [6.45, 7) is 2.06. The van der Waals surface area contributed by atoms with Crippen LogP contribution in [0.3, 0.4) is 0 Å². The van der Waals surface area contributed by atoms with E-state index in [2.05, 4.69) is 11.9 Å². The number of rotatable bonds is 3. The molecule has 0 amide bonds. The predicted octanol–water partition coefficient (Wildman–Crippen LogP) is 3.92. The lowest BCUT2D eigenvalue weighted by atomic mass is 10.2. The van der Waals surface area contributed by atoms with E-state index in [0.29, 0.717) is 5.15 Å². The van der Waals surface area contributed by atoms with Crippen LogP contribution in [0.1, 0.15) is 11.1 Å². The van der Waals surface area contributed by atoms with E-state index in [1.165, 1.54) is 10.5 Å². The first-order valence-corrected chi connectivity index (χ1v) is 6.61. The van der Waals surface area contributed by atoms with Gasteiger partial charge in [-0.3, -0.25) is 0 Å². The molecule has 4 heteroatoms. The Balaban J connectivity index is 2.10. The molecule has 17 heavy (non-hydrogen) atoms. The number of thioether (sulfide) groups is 1. The first-order chi connectivity index (χ1) is 8.16. The highest BCUT2D eigenvalue weighted by Gasteiger charge is 2.03. The number of aromatic nitrogens is 1. The quantitative estimate of drug-likeness (QED) is 0.519. The number of nitrogen functional groups attached to an aromatic ring is 1. The van der Waals surface area contributed by atoms with E-state index in [4.69, 9.17) is 17.3 Å². The molecule has 0 atom stereocenters. The molecule has 2 nitrogen and oxygen atoms in total. The number of pyridine rings is 1. The zero-order valence-corrected chi connectivity index (χ0v) is 11.1. The van der Waals surface area contributed by atoms with Crippen LogP contribution in [0, 0.1) is 6.92 Å². The summed E-state index contributed by atoms with van der Waals surface area (Å²) in [6.07, 6.45) is 1.70. The van der Waals surface area contributed by atoms with Crippen molar-refractivity contribution in [1.29, 1.82) is 0 Å². The van der Waals surface area contributed by atoms with Gasteiger partial charge in [-0.1, -0.05) is 17.7 Å². The van der Waals surface area contributed by atoms with Crippen molar-refractivity contribution in [3.05, 3.63) is 52.8 Å². The van der Waals surface area contributed by atoms with Crippen LogP contribution in [0.15, 0.2) is 41.4 Å². The molecule has 2 N–H and O–H groups in total. The SMILES string of the molecule is Cc1cc(N)ccc1SCc1cccnc1Cl. The molecular formula is C13H13ClN2S. The van der Waals surface area contributed by atoms with Gasteiger partial charge in [-0.25, -0.2) is 4.98 Å². The fourth-order valence-electron chi connectivity index (χ4n) is 1.52. The van der Waals surface area contributed by atoms with E-state index in [-0.39, 0.29) is 0 Å². The van der Waals surface area contributed by atoms with Crippen LogP contribution in [0.4, 0.5) is 5.69 Å². The van der Waals surface area contributed by atoms with Crippen molar-refractivity contribution in [2.45, 2.75) is 17.6 Å². The second-order valence-electron chi connectivity index (χ2n) is 3.77. The minimum absolute atomic E-state index is 0.577. The molecule has 0 unspecified atom stereocenters. The number of halogens is 1. The standard InChI is InChI=1S/C13H13ClN2S/c1-9-7-11(15)4-5-12(9)17-8-10-3-2-6-16-13(10)14/h2-7H,8,15H2,1H3. The molecule has 1 aromatic carbocycles. The van der Waals surface area contributed by atoms with Gasteiger partial charge in [0, 0.05) is 22.5 Å². The number of benzene rings is 1. The van der Waals surface area contributed by atoms with Crippen LogP contribution >= 0.6 is 23.4 Å². The van der Waals surface area contributed by atoms with Crippen molar-refractivity contribution < 1.29 is 0 Å². The fraction of sp³-hybridized carbons (Fsp3) is 0.154. The van der Waals surface area contributed by atoms with Gasteiger partial charge in [-0.2, -0.15) is 0 Å². The summed E-state index contributed by atoms with van der Waals surface area (Å²) in [5, 5.41) is 0.577. The molecule has 2 aromatic rings. The molecule has 0 saturated carbocycles. The van der Waals surface area contributed by atoms with Crippen LogP contribution in [0.25, 0.3) is 0 Å². The predicted molar refractivity (Wildman–Crippen MR) is 74.4 cm³/mol. The monoisotopic (exact) mass is 264 g/mol. The smallest absolute Gasteiger partial charge is 0.133 e. The normalized spacial score (nSPS) is 10.5. The van der Waals surface area contributed by atoms with Gasteiger partial charge >= 0.3 is 0 Å². The molecule has 1 heterocycles. The van der Waals surface area contributed by atoms with E-state index in [9.17, 15) is 0 Å². The summed E-state index contributed by atoms with van der Waals surface area (Å²) < 4.78 is 0. The highest BCUT2D eigenvalue weighted by Crippen LogP contribution is 2.28. The topological polar surface area (TPSA) is 38.9 Å². The third-order valence-corrected chi connectivity index (χ3v) is 3.98. The highest BCUT2D eigenvalue weighted by molar-refractivity contribution is 7.98. The Labute approximate surface area is 110 Å². The van der Waals surface area contributed by atoms with Crippen LogP contribution in [0.2, 0.25) is 5.15 Å². The van der Waals surface area contributed by atoms with Gasteiger partial charge in [0.25, 0.3) is 0 Å². The van der Waals surface area contributed by atoms with Crippen molar-refractivity contribution in [2.24, 2.45) is 0 Å². The fourth-order valence-corrected chi connectivity index (χ4v) is 2.78. The van der Waals surface area contributed by atoms with Crippen molar-refractivity contribution in [1.82, 2.24) is 4.98 Å². The Bertz CT molecular complexity index is 529. The van der Waals surface area contributed by atoms with E-state index in [0.717, 1.165) is 17.0 Å². The number of hydrogen-bond donors (Lipinski definition) is 1. The minimum Gasteiger partial charge on any atom is -0.399 e. The molecule has 0 bridgehead atoms. The molecule has 88 valence electrons. The number of aryl methyl sites for hydroxylation is 1. The maximum atomic E-state index is 6.01. The van der Waals surface area contributed by atoms with Gasteiger partial charge in [0.1, 0.15) is 5.15 Å². The molecule has 2 rings (SSSR count). The maximum Gasteiger partial charge on any atom is 0.133 e. The first-order valence-electron chi connectivity index (χ1n) is 5.25. The molecule has 0 radical (unpaired) electrons. The summed E-state index contributed by atoms with van der Waals surface area (Å²) in [5.41, 5.74) is 8.76. The summed E-state index contributed by atoms with van der Waals surface area (Å²) in [7, 11) is 0. The van der Waals surface area contributed by atoms with Crippen LogP contribution in [0.5, 0.6) is 0 Å². The zero-order valence-electron chi connectivity index (χ0n) is 9.48. The van der Waals surface area contributed by atoms with E-state index >= 15 is 0 Å². The molecule has 0 aliphatic rings. The molecule has 0 aliphatic carbocycles. The second kappa shape index (κ2) is 5.43. The number of anilines is 1. The third kappa shape index (κ3) is 3.14. The Morgan fingerprint density at radius 3 is 2.88 bits per heavy atom. The Morgan fingerprint density at radius 2 is 2.18 bits per heavy atom. The number of hydrogen-bond acceptors (Lipinski definition) is 3. The first kappa shape index (κ1) is 12.3. The van der Waals surface area contributed by atoms with Crippen LogP contribution in [-0.4, -0.2) is 4.98 Å². The summed E-state index contributed by atoms with van der Waals surface area (Å²) in [5.74, 6) is 0.817. The van der Waals surface area contributed by atoms with E-state index in [1.54, 1.807) is 18.0 Å². The van der Waals surface area contributed by atoms with Crippen molar-refractivity contribution >= 4 is 29.1 Å². The number of nitrogens with two attached hydrogens (primary N) is 1. The van der Waals surface area contributed by atoms with Gasteiger partial charge in [-0.05, 0) is 42.3 Å². The third-order valence-electron chi connectivity index (χ3n) is 2.42. The highest BCUT2D eigenvalue weighted by atomic mass is 35.5. The number of nitrogens with zero attached hydrogens (tertiary/aromatic N) is 1. The minimum atomic E-state index is 0.577. The van der Waals surface area contributed by atoms with Crippen molar-refractivity contribution in [2.75, 3.05) is 5.73 Å². The average molecular weight is 265 g/mol. The largest absolute Gasteiger partial charge is 0.399 e. The van der Waals surface area contributed by atoms with Crippen molar-refractivity contribution in [3.8, 4) is 0 Å².